The Kier molecular flexibility index (Phi) is 10.5. The molecule has 57 heavy (non-hydrogen) atoms. The number of nitrogens with zero attached hydrogens (tertiary/aromatic N) is 8. The molecular weight excluding hydrogens is 735 g/mol. The van der Waals surface area contributed by atoms with Crippen molar-refractivity contribution in [2.75, 3.05) is 62.6 Å². The molecular formula is C41H46F2N10O4. The highest BCUT2D eigenvalue weighted by molar-refractivity contribution is 6.08. The molecule has 1 unspecified atom stereocenters. The van der Waals surface area contributed by atoms with Gasteiger partial charge in [0.05, 0.1) is 49.1 Å². The highest BCUT2D eigenvalue weighted by Crippen LogP contribution is 2.36. The minimum Gasteiger partial charge on any atom is -0.374 e. The summed E-state index contributed by atoms with van der Waals surface area (Å²) in [5, 5.41) is 13.7. The molecule has 3 atom stereocenters. The summed E-state index contributed by atoms with van der Waals surface area (Å²) < 4.78 is 37.3. The van der Waals surface area contributed by atoms with Crippen molar-refractivity contribution in [3.8, 4) is 11.8 Å². The van der Waals surface area contributed by atoms with Crippen LogP contribution in [0.25, 0.3) is 5.65 Å². The summed E-state index contributed by atoms with van der Waals surface area (Å²) in [5.74, 6) is 6.51. The molecule has 9 rings (SSSR count). The molecule has 3 aromatic heterocycles. The van der Waals surface area contributed by atoms with Gasteiger partial charge in [-0.2, -0.15) is 10.2 Å². The van der Waals surface area contributed by atoms with E-state index in [0.29, 0.717) is 37.6 Å². The Balaban J connectivity index is 0.742. The summed E-state index contributed by atoms with van der Waals surface area (Å²) >= 11 is 0. The number of hydrogen-bond acceptors (Lipinski definition) is 10. The molecule has 2 N–H and O–H groups in total. The van der Waals surface area contributed by atoms with Gasteiger partial charge in [-0.15, -0.1) is 0 Å². The Bertz CT molecular complexity index is 2200. The molecule has 2 bridgehead atoms. The zero-order valence-corrected chi connectivity index (χ0v) is 31.7. The van der Waals surface area contributed by atoms with E-state index in [4.69, 9.17) is 9.72 Å². The number of benzene rings is 1. The number of nitrogens with one attached hydrogen (secondary N) is 2. The van der Waals surface area contributed by atoms with Gasteiger partial charge in [0.1, 0.15) is 11.4 Å². The van der Waals surface area contributed by atoms with E-state index in [1.54, 1.807) is 17.1 Å². The third-order valence-corrected chi connectivity index (χ3v) is 12.3. The van der Waals surface area contributed by atoms with E-state index in [9.17, 15) is 23.2 Å². The van der Waals surface area contributed by atoms with E-state index in [2.05, 4.69) is 47.4 Å². The van der Waals surface area contributed by atoms with Crippen LogP contribution in [-0.2, 0) is 14.3 Å². The lowest BCUT2D eigenvalue weighted by Crippen LogP contribution is -2.48. The summed E-state index contributed by atoms with van der Waals surface area (Å²) in [6.07, 6.45) is 7.53. The first-order chi connectivity index (χ1) is 27.7. The number of anilines is 2. The number of morpholine rings is 1. The molecule has 1 aliphatic carbocycles. The van der Waals surface area contributed by atoms with Crippen molar-refractivity contribution in [2.45, 2.75) is 75.5 Å². The number of piperidine rings is 1. The van der Waals surface area contributed by atoms with Gasteiger partial charge in [-0.25, -0.2) is 18.3 Å². The van der Waals surface area contributed by atoms with Gasteiger partial charge in [0.25, 0.3) is 12.3 Å². The van der Waals surface area contributed by atoms with Gasteiger partial charge >= 0.3 is 0 Å². The van der Waals surface area contributed by atoms with E-state index >= 15 is 0 Å². The Hall–Kier alpha value is -5.24. The fourth-order valence-corrected chi connectivity index (χ4v) is 9.05. The highest BCUT2D eigenvalue weighted by atomic mass is 19.3. The molecule has 14 nitrogen and oxygen atoms in total. The molecule has 4 aliphatic heterocycles. The van der Waals surface area contributed by atoms with E-state index in [1.807, 2.05) is 30.3 Å². The number of halogens is 2. The monoisotopic (exact) mass is 780 g/mol. The number of carbonyl (C=O) groups is 3. The first-order valence-corrected chi connectivity index (χ1v) is 20.0. The molecule has 3 amide bonds. The summed E-state index contributed by atoms with van der Waals surface area (Å²) in [6, 6.07) is 9.82. The fraction of sp³-hybridized carbons (Fsp3) is 0.512. The van der Waals surface area contributed by atoms with Crippen LogP contribution in [0.5, 0.6) is 0 Å². The smallest absolute Gasteiger partial charge is 0.284 e. The van der Waals surface area contributed by atoms with Gasteiger partial charge in [-0.05, 0) is 68.2 Å². The minimum atomic E-state index is -2.85. The number of fused-ring (bicyclic) bond motifs is 3. The number of hydrogen-bond donors (Lipinski definition) is 2. The SMILES string of the molecule is O=C1CCC(c2ccc(C#CCN3CCN(C[C@H]4CC[C@@H](n5cc(NC(=O)c6cnn7ccc(N8C[C@@H]9C[C@H]8CO9)nc67)c(C(F)F)n5)CC4)CC3)cc2)C(=O)N1. The Labute approximate surface area is 328 Å². The van der Waals surface area contributed by atoms with E-state index in [0.717, 1.165) is 88.3 Å². The van der Waals surface area contributed by atoms with Gasteiger partial charge in [0.2, 0.25) is 11.8 Å². The van der Waals surface area contributed by atoms with Crippen LogP contribution in [-0.4, -0.2) is 116 Å². The maximum Gasteiger partial charge on any atom is 0.284 e. The largest absolute Gasteiger partial charge is 0.374 e. The molecule has 0 radical (unpaired) electrons. The van der Waals surface area contributed by atoms with Gasteiger partial charge in [0.15, 0.2) is 11.3 Å². The quantitative estimate of drug-likeness (QED) is 0.189. The number of imide groups is 1. The number of amides is 3. The number of aromatic nitrogens is 5. The second-order valence-corrected chi connectivity index (χ2v) is 16.0. The second-order valence-electron chi connectivity index (χ2n) is 16.0. The van der Waals surface area contributed by atoms with Crippen molar-refractivity contribution in [1.82, 2.24) is 39.5 Å². The standard InChI is InChI=1S/C41H46F2N10O4/c42-38(43)37-34(45-41(56)33-21-44-52-15-13-35(46-39(33)52)51-23-31-20-30(51)25-57-31)24-53(48-37)29-9-5-27(6-10-29)22-50-18-16-49(17-19-50)14-1-2-26-3-7-28(8-4-26)32-11-12-36(54)47-40(32)55/h3-4,7-8,13,15,21,24,27,29-32,38H,5-6,9-12,14,16-20,22-23,25H2,(H,45,56)(H,47,54,55)/t27-,29+,30-,31-,32?/m0/s1. The lowest BCUT2D eigenvalue weighted by Gasteiger charge is -2.37. The van der Waals surface area contributed by atoms with Crippen LogP contribution in [0.3, 0.4) is 0 Å². The van der Waals surface area contributed by atoms with Crippen molar-refractivity contribution in [3.05, 3.63) is 71.3 Å². The van der Waals surface area contributed by atoms with Crippen LogP contribution in [0.1, 0.15) is 90.5 Å². The zero-order valence-electron chi connectivity index (χ0n) is 31.7. The number of rotatable bonds is 9. The molecule has 1 aromatic carbocycles. The average Bonchev–Trinajstić information content (AvgIpc) is 4.04. The second kappa shape index (κ2) is 16.0. The fourth-order valence-electron chi connectivity index (χ4n) is 9.05. The number of ether oxygens (including phenoxy) is 1. The topological polar surface area (TPSA) is 142 Å². The zero-order chi connectivity index (χ0) is 39.0. The Morgan fingerprint density at radius 3 is 2.51 bits per heavy atom. The predicted molar refractivity (Wildman–Crippen MR) is 206 cm³/mol. The van der Waals surface area contributed by atoms with Crippen LogP contribution >= 0.6 is 0 Å². The number of piperazine rings is 1. The Morgan fingerprint density at radius 1 is 1.00 bits per heavy atom. The average molecular weight is 781 g/mol. The summed E-state index contributed by atoms with van der Waals surface area (Å²) in [4.78, 5) is 48.9. The van der Waals surface area contributed by atoms with Crippen LogP contribution in [0.4, 0.5) is 20.3 Å². The van der Waals surface area contributed by atoms with Crippen molar-refractivity contribution in [2.24, 2.45) is 5.92 Å². The van der Waals surface area contributed by atoms with Gasteiger partial charge in [-0.1, -0.05) is 24.0 Å². The lowest BCUT2D eigenvalue weighted by atomic mass is 9.85. The van der Waals surface area contributed by atoms with Crippen molar-refractivity contribution >= 4 is 34.9 Å². The van der Waals surface area contributed by atoms with Gasteiger partial charge in [0, 0.05) is 63.6 Å². The normalized spacial score (nSPS) is 25.5. The molecule has 0 spiro atoms. The molecule has 5 aliphatic rings. The highest BCUT2D eigenvalue weighted by Gasteiger charge is 2.40. The Morgan fingerprint density at radius 2 is 1.79 bits per heavy atom. The first-order valence-electron chi connectivity index (χ1n) is 20.0. The third kappa shape index (κ3) is 8.01. The first kappa shape index (κ1) is 37.3. The summed E-state index contributed by atoms with van der Waals surface area (Å²) in [6.45, 7) is 6.92. The number of carbonyl (C=O) groups excluding carboxylic acids is 3. The maximum absolute atomic E-state index is 14.2. The summed E-state index contributed by atoms with van der Waals surface area (Å²) in [7, 11) is 0. The predicted octanol–water partition coefficient (Wildman–Crippen LogP) is 4.01. The molecule has 5 fully saturated rings. The minimum absolute atomic E-state index is 0.00637. The van der Waals surface area contributed by atoms with Crippen molar-refractivity contribution in [1.29, 1.82) is 0 Å². The molecule has 4 saturated heterocycles. The van der Waals surface area contributed by atoms with Crippen LogP contribution in [0, 0.1) is 17.8 Å². The lowest BCUT2D eigenvalue weighted by molar-refractivity contribution is -0.134. The number of alkyl halides is 2. The molecule has 1 saturated carbocycles. The van der Waals surface area contributed by atoms with E-state index in [-0.39, 0.29) is 47.2 Å². The maximum atomic E-state index is 14.2. The molecule has 4 aromatic rings. The third-order valence-electron chi connectivity index (χ3n) is 12.3. The van der Waals surface area contributed by atoms with Gasteiger partial charge < -0.3 is 19.9 Å². The van der Waals surface area contributed by atoms with Crippen molar-refractivity contribution in [3.63, 3.8) is 0 Å². The summed E-state index contributed by atoms with van der Waals surface area (Å²) in [5.41, 5.74) is 1.94. The van der Waals surface area contributed by atoms with Crippen LogP contribution in [0.2, 0.25) is 0 Å². The molecule has 298 valence electrons. The van der Waals surface area contributed by atoms with Crippen molar-refractivity contribution < 1.29 is 27.9 Å². The van der Waals surface area contributed by atoms with Crippen LogP contribution in [0.15, 0.2) is 48.9 Å². The van der Waals surface area contributed by atoms with Gasteiger partial charge in [-0.3, -0.25) is 29.3 Å². The molecule has 16 heteroatoms. The van der Waals surface area contributed by atoms with E-state index in [1.165, 1.54) is 10.7 Å². The van der Waals surface area contributed by atoms with Crippen LogP contribution < -0.4 is 15.5 Å². The molecule has 7 heterocycles. The van der Waals surface area contributed by atoms with E-state index < -0.39 is 18.0 Å².